The summed E-state index contributed by atoms with van der Waals surface area (Å²) in [6.07, 6.45) is 3.49. The summed E-state index contributed by atoms with van der Waals surface area (Å²) in [6, 6.07) is 7.99. The molecule has 0 aliphatic heterocycles. The summed E-state index contributed by atoms with van der Waals surface area (Å²) in [5.41, 5.74) is 0.809. The molecule has 3 N–H and O–H groups in total. The summed E-state index contributed by atoms with van der Waals surface area (Å²) in [7, 11) is 1.83. The van der Waals surface area contributed by atoms with Gasteiger partial charge in [-0.05, 0) is 37.5 Å². The molecule has 0 saturated carbocycles. The van der Waals surface area contributed by atoms with E-state index in [1.165, 1.54) is 0 Å². The number of aromatic nitrogens is 2. The normalized spacial score (nSPS) is 13.6. The molecule has 0 amide bonds. The molecule has 1 atom stereocenters. The fourth-order valence-corrected chi connectivity index (χ4v) is 2.52. The Hall–Kier alpha value is -1.81. The van der Waals surface area contributed by atoms with Gasteiger partial charge in [-0.15, -0.1) is 24.0 Å². The Kier molecular flexibility index (Phi) is 10.5. The van der Waals surface area contributed by atoms with Crippen molar-refractivity contribution in [2.24, 2.45) is 18.0 Å². The third-order valence-electron chi connectivity index (χ3n) is 4.20. The summed E-state index contributed by atoms with van der Waals surface area (Å²) >= 11 is 0. The van der Waals surface area contributed by atoms with E-state index in [1.54, 1.807) is 17.8 Å². The van der Waals surface area contributed by atoms with Gasteiger partial charge >= 0.3 is 0 Å². The number of hydrogen-bond acceptors (Lipinski definition) is 4. The van der Waals surface area contributed by atoms with E-state index in [4.69, 9.17) is 4.74 Å². The highest BCUT2D eigenvalue weighted by atomic mass is 127. The van der Waals surface area contributed by atoms with Crippen LogP contribution in [-0.2, 0) is 19.2 Å². The molecule has 29 heavy (non-hydrogen) atoms. The Morgan fingerprint density at radius 1 is 1.28 bits per heavy atom. The van der Waals surface area contributed by atoms with Crippen LogP contribution in [0.4, 0.5) is 0 Å². The molecule has 0 radical (unpaired) electrons. The molecule has 2 rings (SSSR count). The van der Waals surface area contributed by atoms with Crippen molar-refractivity contribution < 1.29 is 9.84 Å². The van der Waals surface area contributed by atoms with E-state index >= 15 is 0 Å². The minimum atomic E-state index is -1.04. The maximum atomic E-state index is 10.7. The Morgan fingerprint density at radius 3 is 2.52 bits per heavy atom. The average molecular weight is 515 g/mol. The van der Waals surface area contributed by atoms with E-state index in [0.717, 1.165) is 23.4 Å². The van der Waals surface area contributed by atoms with Crippen molar-refractivity contribution in [1.29, 1.82) is 0 Å². The molecule has 1 aromatic carbocycles. The predicted octanol–water partition coefficient (Wildman–Crippen LogP) is 3.04. The summed E-state index contributed by atoms with van der Waals surface area (Å²) in [5.74, 6) is 2.03. The number of guanidine groups is 1. The van der Waals surface area contributed by atoms with E-state index in [2.05, 4.69) is 34.6 Å². The first-order valence-electron chi connectivity index (χ1n) is 9.75. The molecular weight excluding hydrogens is 481 g/mol. The Bertz CT molecular complexity index is 757. The lowest BCUT2D eigenvalue weighted by Gasteiger charge is -2.23. The van der Waals surface area contributed by atoms with Crippen molar-refractivity contribution in [3.05, 3.63) is 47.8 Å². The molecule has 162 valence electrons. The highest BCUT2D eigenvalue weighted by Crippen LogP contribution is 2.18. The molecule has 1 unspecified atom stereocenters. The zero-order valence-electron chi connectivity index (χ0n) is 18.0. The van der Waals surface area contributed by atoms with Crippen LogP contribution in [-0.4, -0.2) is 40.5 Å². The van der Waals surface area contributed by atoms with Gasteiger partial charge in [-0.25, -0.2) is 4.99 Å². The van der Waals surface area contributed by atoms with E-state index < -0.39 is 5.60 Å². The molecular formula is C21H34IN5O2. The van der Waals surface area contributed by atoms with Crippen LogP contribution in [0.5, 0.6) is 5.75 Å². The average Bonchev–Trinajstić information content (AvgIpc) is 3.10. The highest BCUT2D eigenvalue weighted by Gasteiger charge is 2.24. The zero-order valence-corrected chi connectivity index (χ0v) is 20.3. The van der Waals surface area contributed by atoms with Crippen LogP contribution < -0.4 is 15.4 Å². The number of aryl methyl sites for hydroxylation is 1. The second-order valence-corrected chi connectivity index (χ2v) is 7.57. The standard InChI is InChI=1S/C21H33N5O2.HI/c1-6-22-20(24-15-21(4,27)18-12-25-26(5)13-18)23-11-17-7-9-19(10-8-17)28-14-16(2)3;/h7-10,12-13,16,27H,6,11,14-15H2,1-5H3,(H2,22,23,24);1H. The van der Waals surface area contributed by atoms with Gasteiger partial charge in [0.15, 0.2) is 5.96 Å². The molecule has 0 aliphatic carbocycles. The fourth-order valence-electron chi connectivity index (χ4n) is 2.52. The van der Waals surface area contributed by atoms with Gasteiger partial charge in [0.2, 0.25) is 0 Å². The Balaban J connectivity index is 0.00000420. The molecule has 2 aromatic rings. The second-order valence-electron chi connectivity index (χ2n) is 7.57. The quantitative estimate of drug-likeness (QED) is 0.272. The van der Waals surface area contributed by atoms with Crippen LogP contribution in [0, 0.1) is 5.92 Å². The van der Waals surface area contributed by atoms with Gasteiger partial charge in [0, 0.05) is 25.4 Å². The maximum Gasteiger partial charge on any atom is 0.191 e. The van der Waals surface area contributed by atoms with Gasteiger partial charge in [0.1, 0.15) is 11.4 Å². The molecule has 0 fully saturated rings. The minimum Gasteiger partial charge on any atom is -0.493 e. The zero-order chi connectivity index (χ0) is 20.6. The molecule has 7 nitrogen and oxygen atoms in total. The smallest absolute Gasteiger partial charge is 0.191 e. The second kappa shape index (κ2) is 12.0. The first-order chi connectivity index (χ1) is 13.3. The van der Waals surface area contributed by atoms with Crippen LogP contribution in [0.2, 0.25) is 0 Å². The number of halogens is 1. The number of nitrogens with one attached hydrogen (secondary N) is 2. The molecule has 1 aromatic heterocycles. The van der Waals surface area contributed by atoms with Crippen molar-refractivity contribution in [3.63, 3.8) is 0 Å². The first kappa shape index (κ1) is 25.2. The Morgan fingerprint density at radius 2 is 1.97 bits per heavy atom. The first-order valence-corrected chi connectivity index (χ1v) is 9.75. The van der Waals surface area contributed by atoms with Gasteiger partial charge in [-0.2, -0.15) is 5.10 Å². The largest absolute Gasteiger partial charge is 0.493 e. The van der Waals surface area contributed by atoms with Gasteiger partial charge in [-0.3, -0.25) is 4.68 Å². The number of ether oxygens (including phenoxy) is 1. The molecule has 0 spiro atoms. The summed E-state index contributed by atoms with van der Waals surface area (Å²) in [5, 5.41) is 21.3. The lowest BCUT2D eigenvalue weighted by molar-refractivity contribution is 0.0616. The van der Waals surface area contributed by atoms with Crippen LogP contribution >= 0.6 is 24.0 Å². The lowest BCUT2D eigenvalue weighted by Crippen LogP contribution is -2.44. The minimum absolute atomic E-state index is 0. The highest BCUT2D eigenvalue weighted by molar-refractivity contribution is 14.0. The SMILES string of the molecule is CCNC(=NCc1ccc(OCC(C)C)cc1)NCC(C)(O)c1cnn(C)c1.I. The van der Waals surface area contributed by atoms with Gasteiger partial charge in [-0.1, -0.05) is 26.0 Å². The third kappa shape index (κ3) is 8.61. The number of benzene rings is 1. The number of aliphatic hydroxyl groups is 1. The van der Waals surface area contributed by atoms with Gasteiger partial charge < -0.3 is 20.5 Å². The van der Waals surface area contributed by atoms with Crippen LogP contribution in [0.25, 0.3) is 0 Å². The molecule has 0 saturated heterocycles. The monoisotopic (exact) mass is 515 g/mol. The van der Waals surface area contributed by atoms with Gasteiger partial charge in [0.25, 0.3) is 0 Å². The predicted molar refractivity (Wildman–Crippen MR) is 128 cm³/mol. The van der Waals surface area contributed by atoms with E-state index in [1.807, 2.05) is 44.4 Å². The van der Waals surface area contributed by atoms with Crippen molar-refractivity contribution in [3.8, 4) is 5.75 Å². The summed E-state index contributed by atoms with van der Waals surface area (Å²) < 4.78 is 7.39. The fraction of sp³-hybridized carbons (Fsp3) is 0.524. The van der Waals surface area contributed by atoms with Crippen LogP contribution in [0.3, 0.4) is 0 Å². The number of aliphatic imine (C=N–C) groups is 1. The van der Waals surface area contributed by atoms with Crippen molar-refractivity contribution in [1.82, 2.24) is 20.4 Å². The van der Waals surface area contributed by atoms with Crippen LogP contribution in [0.15, 0.2) is 41.7 Å². The topological polar surface area (TPSA) is 83.7 Å². The third-order valence-corrected chi connectivity index (χ3v) is 4.20. The van der Waals surface area contributed by atoms with Crippen LogP contribution in [0.1, 0.15) is 38.8 Å². The van der Waals surface area contributed by atoms with E-state index in [9.17, 15) is 5.11 Å². The molecule has 1 heterocycles. The Labute approximate surface area is 191 Å². The number of rotatable bonds is 9. The molecule has 8 heteroatoms. The number of hydrogen-bond donors (Lipinski definition) is 3. The maximum absolute atomic E-state index is 10.7. The number of nitrogens with zero attached hydrogens (tertiary/aromatic N) is 3. The van der Waals surface area contributed by atoms with Crippen molar-refractivity contribution in [2.45, 2.75) is 39.8 Å². The van der Waals surface area contributed by atoms with E-state index in [-0.39, 0.29) is 24.0 Å². The van der Waals surface area contributed by atoms with Gasteiger partial charge in [0.05, 0.1) is 25.9 Å². The summed E-state index contributed by atoms with van der Waals surface area (Å²) in [6.45, 7) is 10.3. The van der Waals surface area contributed by atoms with E-state index in [0.29, 0.717) is 31.6 Å². The summed E-state index contributed by atoms with van der Waals surface area (Å²) in [4.78, 5) is 4.61. The van der Waals surface area contributed by atoms with Crippen molar-refractivity contribution in [2.75, 3.05) is 19.7 Å². The van der Waals surface area contributed by atoms with Crippen molar-refractivity contribution >= 4 is 29.9 Å². The lowest BCUT2D eigenvalue weighted by atomic mass is 10.00. The molecule has 0 bridgehead atoms. The molecule has 0 aliphatic rings.